The topological polar surface area (TPSA) is 104 Å². The van der Waals surface area contributed by atoms with Crippen LogP contribution in [0.25, 0.3) is 10.9 Å². The standard InChI is InChI=1S/C11H14N4O3S/c1-19(17,18)13-7-6-12-11(16)10-8-4-2-3-5-9(8)14-15-10/h2-5,13H,6-7H2,1H3,(H,12,16)(H,14,15). The minimum absolute atomic E-state index is 0.146. The Balaban J connectivity index is 1.97. The van der Waals surface area contributed by atoms with Gasteiger partial charge in [-0.3, -0.25) is 9.89 Å². The quantitative estimate of drug-likeness (QED) is 0.663. The number of carbonyl (C=O) groups excluding carboxylic acids is 1. The van der Waals surface area contributed by atoms with E-state index in [1.807, 2.05) is 18.2 Å². The first-order valence-electron chi connectivity index (χ1n) is 5.63. The molecule has 2 aromatic rings. The van der Waals surface area contributed by atoms with E-state index in [2.05, 4.69) is 20.2 Å². The van der Waals surface area contributed by atoms with Gasteiger partial charge in [-0.05, 0) is 6.07 Å². The van der Waals surface area contributed by atoms with Gasteiger partial charge in [-0.2, -0.15) is 5.10 Å². The predicted octanol–water partition coefficient (Wildman–Crippen LogP) is -0.158. The molecule has 0 radical (unpaired) electrons. The number of hydrogen-bond acceptors (Lipinski definition) is 4. The van der Waals surface area contributed by atoms with Crippen molar-refractivity contribution >= 4 is 26.8 Å². The zero-order valence-electron chi connectivity index (χ0n) is 10.3. The average molecular weight is 282 g/mol. The lowest BCUT2D eigenvalue weighted by atomic mass is 10.2. The summed E-state index contributed by atoms with van der Waals surface area (Å²) in [6.07, 6.45) is 1.07. The van der Waals surface area contributed by atoms with Gasteiger partial charge in [-0.1, -0.05) is 18.2 Å². The van der Waals surface area contributed by atoms with E-state index < -0.39 is 10.0 Å². The molecule has 8 heteroatoms. The summed E-state index contributed by atoms with van der Waals surface area (Å²) in [6.45, 7) is 0.347. The normalized spacial score (nSPS) is 11.6. The van der Waals surface area contributed by atoms with Gasteiger partial charge in [0.05, 0.1) is 11.8 Å². The van der Waals surface area contributed by atoms with Crippen LogP contribution in [0.5, 0.6) is 0 Å². The van der Waals surface area contributed by atoms with E-state index in [0.29, 0.717) is 5.69 Å². The maximum absolute atomic E-state index is 11.9. The minimum Gasteiger partial charge on any atom is -0.349 e. The third-order valence-corrected chi connectivity index (χ3v) is 3.19. The third-order valence-electron chi connectivity index (χ3n) is 2.46. The second-order valence-corrected chi connectivity index (χ2v) is 5.87. The molecular formula is C11H14N4O3S. The predicted molar refractivity (Wildman–Crippen MR) is 71.3 cm³/mol. The molecule has 0 saturated carbocycles. The van der Waals surface area contributed by atoms with Crippen LogP contribution in [0.1, 0.15) is 10.5 Å². The molecule has 0 aliphatic carbocycles. The monoisotopic (exact) mass is 282 g/mol. The molecule has 1 aromatic carbocycles. The highest BCUT2D eigenvalue weighted by Crippen LogP contribution is 2.14. The number of amides is 1. The second kappa shape index (κ2) is 5.37. The molecule has 2 rings (SSSR count). The SMILES string of the molecule is CS(=O)(=O)NCCNC(=O)c1n[nH]c2ccccc12. The molecule has 1 heterocycles. The van der Waals surface area contributed by atoms with Crippen molar-refractivity contribution < 1.29 is 13.2 Å². The number of hydrogen-bond donors (Lipinski definition) is 3. The van der Waals surface area contributed by atoms with Gasteiger partial charge < -0.3 is 5.32 Å². The fourth-order valence-corrected chi connectivity index (χ4v) is 2.11. The van der Waals surface area contributed by atoms with Gasteiger partial charge in [-0.15, -0.1) is 0 Å². The molecule has 1 aromatic heterocycles. The number of para-hydroxylation sites is 1. The number of nitrogens with one attached hydrogen (secondary N) is 3. The van der Waals surface area contributed by atoms with Crippen LogP contribution in [0, 0.1) is 0 Å². The summed E-state index contributed by atoms with van der Waals surface area (Å²) >= 11 is 0. The van der Waals surface area contributed by atoms with Crippen molar-refractivity contribution in [2.45, 2.75) is 0 Å². The number of H-pyrrole nitrogens is 1. The summed E-state index contributed by atoms with van der Waals surface area (Å²) in [6, 6.07) is 7.28. The zero-order valence-corrected chi connectivity index (χ0v) is 11.1. The summed E-state index contributed by atoms with van der Waals surface area (Å²) in [5, 5.41) is 10.0. The first-order valence-corrected chi connectivity index (χ1v) is 7.52. The van der Waals surface area contributed by atoms with Crippen LogP contribution >= 0.6 is 0 Å². The molecule has 19 heavy (non-hydrogen) atoms. The Morgan fingerprint density at radius 3 is 2.79 bits per heavy atom. The molecule has 0 fully saturated rings. The molecule has 0 aliphatic rings. The molecule has 0 spiro atoms. The number of sulfonamides is 1. The first kappa shape index (κ1) is 13.5. The average Bonchev–Trinajstić information content (AvgIpc) is 2.77. The fourth-order valence-electron chi connectivity index (χ4n) is 1.63. The number of rotatable bonds is 5. The van der Waals surface area contributed by atoms with E-state index in [1.165, 1.54) is 0 Å². The van der Waals surface area contributed by atoms with Crippen LogP contribution in [0.15, 0.2) is 24.3 Å². The largest absolute Gasteiger partial charge is 0.349 e. The van der Waals surface area contributed by atoms with Crippen LogP contribution in [0.2, 0.25) is 0 Å². The van der Waals surface area contributed by atoms with E-state index in [1.54, 1.807) is 6.07 Å². The van der Waals surface area contributed by atoms with Crippen molar-refractivity contribution in [2.75, 3.05) is 19.3 Å². The fraction of sp³-hybridized carbons (Fsp3) is 0.273. The van der Waals surface area contributed by atoms with Crippen molar-refractivity contribution in [1.82, 2.24) is 20.2 Å². The highest BCUT2D eigenvalue weighted by Gasteiger charge is 2.12. The Morgan fingerprint density at radius 2 is 2.05 bits per heavy atom. The summed E-state index contributed by atoms with van der Waals surface area (Å²) in [7, 11) is -3.23. The van der Waals surface area contributed by atoms with Gasteiger partial charge in [0.1, 0.15) is 0 Å². The highest BCUT2D eigenvalue weighted by molar-refractivity contribution is 7.88. The van der Waals surface area contributed by atoms with Gasteiger partial charge in [0.2, 0.25) is 10.0 Å². The van der Waals surface area contributed by atoms with Crippen LogP contribution in [-0.2, 0) is 10.0 Å². The number of aromatic amines is 1. The molecule has 1 amide bonds. The maximum Gasteiger partial charge on any atom is 0.272 e. The summed E-state index contributed by atoms with van der Waals surface area (Å²) in [5.41, 5.74) is 1.08. The lowest BCUT2D eigenvalue weighted by molar-refractivity contribution is 0.0951. The molecule has 0 aliphatic heterocycles. The Labute approximate surface area is 110 Å². The Kier molecular flexibility index (Phi) is 3.82. The van der Waals surface area contributed by atoms with E-state index in [9.17, 15) is 13.2 Å². The molecule has 0 unspecified atom stereocenters. The van der Waals surface area contributed by atoms with E-state index in [0.717, 1.165) is 17.2 Å². The third kappa shape index (κ3) is 3.52. The van der Waals surface area contributed by atoms with E-state index >= 15 is 0 Å². The Morgan fingerprint density at radius 1 is 1.32 bits per heavy atom. The summed E-state index contributed by atoms with van der Waals surface area (Å²) in [4.78, 5) is 11.9. The van der Waals surface area contributed by atoms with Crippen LogP contribution < -0.4 is 10.0 Å². The Hall–Kier alpha value is -1.93. The van der Waals surface area contributed by atoms with Crippen molar-refractivity contribution in [1.29, 1.82) is 0 Å². The van der Waals surface area contributed by atoms with Gasteiger partial charge in [0.15, 0.2) is 5.69 Å². The van der Waals surface area contributed by atoms with Crippen LogP contribution in [-0.4, -0.2) is 43.9 Å². The van der Waals surface area contributed by atoms with Gasteiger partial charge in [0, 0.05) is 18.5 Å². The zero-order chi connectivity index (χ0) is 13.9. The number of carbonyl (C=O) groups is 1. The first-order chi connectivity index (χ1) is 8.97. The molecule has 7 nitrogen and oxygen atoms in total. The molecule has 0 saturated heterocycles. The van der Waals surface area contributed by atoms with E-state index in [4.69, 9.17) is 0 Å². The van der Waals surface area contributed by atoms with Gasteiger partial charge in [0.25, 0.3) is 5.91 Å². The van der Waals surface area contributed by atoms with Crippen LogP contribution in [0.4, 0.5) is 0 Å². The lowest BCUT2D eigenvalue weighted by Crippen LogP contribution is -2.34. The summed E-state index contributed by atoms with van der Waals surface area (Å²) < 4.78 is 24.0. The maximum atomic E-state index is 11.9. The van der Waals surface area contributed by atoms with Crippen molar-refractivity contribution in [2.24, 2.45) is 0 Å². The Bertz CT molecular complexity index is 693. The molecule has 0 atom stereocenters. The molecule has 102 valence electrons. The highest BCUT2D eigenvalue weighted by atomic mass is 32.2. The smallest absolute Gasteiger partial charge is 0.272 e. The number of fused-ring (bicyclic) bond motifs is 1. The number of nitrogens with zero attached hydrogens (tertiary/aromatic N) is 1. The van der Waals surface area contributed by atoms with Gasteiger partial charge in [-0.25, -0.2) is 13.1 Å². The number of benzene rings is 1. The lowest BCUT2D eigenvalue weighted by Gasteiger charge is -2.04. The van der Waals surface area contributed by atoms with Gasteiger partial charge >= 0.3 is 0 Å². The van der Waals surface area contributed by atoms with Crippen molar-refractivity contribution in [3.8, 4) is 0 Å². The molecular weight excluding hydrogens is 268 g/mol. The summed E-state index contributed by atoms with van der Waals surface area (Å²) in [5.74, 6) is -0.340. The van der Waals surface area contributed by atoms with Crippen molar-refractivity contribution in [3.05, 3.63) is 30.0 Å². The minimum atomic E-state index is -3.23. The van der Waals surface area contributed by atoms with E-state index in [-0.39, 0.29) is 19.0 Å². The van der Waals surface area contributed by atoms with Crippen LogP contribution in [0.3, 0.4) is 0 Å². The second-order valence-electron chi connectivity index (χ2n) is 4.04. The van der Waals surface area contributed by atoms with Crippen molar-refractivity contribution in [3.63, 3.8) is 0 Å². The number of aromatic nitrogens is 2. The molecule has 0 bridgehead atoms. The molecule has 3 N–H and O–H groups in total.